The molecule has 0 radical (unpaired) electrons. The van der Waals surface area contributed by atoms with Crippen LogP contribution in [0.2, 0.25) is 0 Å². The monoisotopic (exact) mass is 555 g/mol. The minimum absolute atomic E-state index is 0.681. The molecule has 6 heteroatoms. The van der Waals surface area contributed by atoms with Gasteiger partial charge in [0, 0.05) is 32.3 Å². The molecule has 0 unspecified atom stereocenters. The average Bonchev–Trinajstić information content (AvgIpc) is 3.03. The van der Waals surface area contributed by atoms with Crippen LogP contribution in [-0.4, -0.2) is 34.8 Å². The quantitative estimate of drug-likeness (QED) is 0.131. The molecule has 0 saturated carbocycles. The number of pyridine rings is 3. The maximum atomic E-state index is 5.94. The van der Waals surface area contributed by atoms with Crippen molar-refractivity contribution in [3.05, 3.63) is 72.8 Å². The van der Waals surface area contributed by atoms with Crippen LogP contribution in [0.25, 0.3) is 65.4 Å². The highest BCUT2D eigenvalue weighted by molar-refractivity contribution is 6.25. The molecule has 7 aromatic rings. The lowest BCUT2D eigenvalue weighted by Crippen LogP contribution is -1.97. The summed E-state index contributed by atoms with van der Waals surface area (Å²) in [6.07, 6.45) is 2.87. The molecule has 0 saturated heterocycles. The van der Waals surface area contributed by atoms with Gasteiger partial charge in [0.25, 0.3) is 0 Å². The van der Waals surface area contributed by atoms with Crippen molar-refractivity contribution in [3.63, 3.8) is 0 Å². The summed E-state index contributed by atoms with van der Waals surface area (Å²) in [7, 11) is 0. The first-order chi connectivity index (χ1) is 20.6. The molecule has 3 heterocycles. The van der Waals surface area contributed by atoms with Crippen LogP contribution in [0.4, 0.5) is 0 Å². The number of hydrogen-bond acceptors (Lipinski definition) is 6. The lowest BCUT2D eigenvalue weighted by molar-refractivity contribution is 0.318. The van der Waals surface area contributed by atoms with E-state index in [9.17, 15) is 0 Å². The largest absolute Gasteiger partial charge is 0.494 e. The van der Waals surface area contributed by atoms with E-state index < -0.39 is 0 Å². The molecule has 0 aliphatic rings. The Hall–Kier alpha value is -4.71. The number of hydrogen-bond donors (Lipinski definition) is 0. The summed E-state index contributed by atoms with van der Waals surface area (Å²) in [5, 5.41) is 6.03. The second-order valence-corrected chi connectivity index (χ2v) is 10.8. The summed E-state index contributed by atoms with van der Waals surface area (Å²) in [5.74, 6) is 2.54. The number of aromatic nitrogens is 3. The van der Waals surface area contributed by atoms with E-state index in [1.54, 1.807) is 0 Å². The molecule has 0 atom stereocenters. The highest BCUT2D eigenvalue weighted by Crippen LogP contribution is 2.38. The molecule has 0 amide bonds. The molecule has 0 aliphatic carbocycles. The fourth-order valence-corrected chi connectivity index (χ4v) is 5.55. The Morgan fingerprint density at radius 3 is 1.02 bits per heavy atom. The van der Waals surface area contributed by atoms with Gasteiger partial charge in [0.05, 0.1) is 52.9 Å². The summed E-state index contributed by atoms with van der Waals surface area (Å²) in [6, 6.07) is 24.9. The van der Waals surface area contributed by atoms with Crippen molar-refractivity contribution in [2.75, 3.05) is 19.8 Å². The van der Waals surface area contributed by atoms with E-state index in [4.69, 9.17) is 29.2 Å². The van der Waals surface area contributed by atoms with E-state index in [2.05, 4.69) is 57.2 Å². The van der Waals surface area contributed by atoms with Gasteiger partial charge in [0.1, 0.15) is 17.2 Å². The van der Waals surface area contributed by atoms with Gasteiger partial charge in [-0.05, 0) is 92.1 Å². The topological polar surface area (TPSA) is 66.4 Å². The predicted molar refractivity (Wildman–Crippen MR) is 172 cm³/mol. The lowest BCUT2D eigenvalue weighted by Gasteiger charge is -2.14. The zero-order valence-electron chi connectivity index (χ0n) is 24.2. The van der Waals surface area contributed by atoms with Crippen LogP contribution >= 0.6 is 0 Å². The van der Waals surface area contributed by atoms with Crippen LogP contribution in [0, 0.1) is 0 Å². The Morgan fingerprint density at radius 1 is 0.429 bits per heavy atom. The van der Waals surface area contributed by atoms with Gasteiger partial charge in [-0.3, -0.25) is 0 Å². The zero-order chi connectivity index (χ0) is 28.6. The third-order valence-electron chi connectivity index (χ3n) is 7.54. The molecule has 6 nitrogen and oxygen atoms in total. The first-order valence-electron chi connectivity index (χ1n) is 14.9. The van der Waals surface area contributed by atoms with Gasteiger partial charge in [0.2, 0.25) is 0 Å². The van der Waals surface area contributed by atoms with Gasteiger partial charge in [-0.15, -0.1) is 0 Å². The molecule has 0 aliphatic heterocycles. The normalized spacial score (nSPS) is 11.8. The number of nitrogens with zero attached hydrogens (tertiary/aromatic N) is 3. The van der Waals surface area contributed by atoms with Crippen molar-refractivity contribution in [1.82, 2.24) is 15.0 Å². The van der Waals surface area contributed by atoms with Gasteiger partial charge in [-0.2, -0.15) is 0 Å². The first-order valence-corrected chi connectivity index (χ1v) is 14.9. The minimum Gasteiger partial charge on any atom is -0.494 e. The fourth-order valence-electron chi connectivity index (χ4n) is 5.55. The molecule has 0 bridgehead atoms. The summed E-state index contributed by atoms with van der Waals surface area (Å²) in [6.45, 7) is 8.37. The van der Waals surface area contributed by atoms with Crippen LogP contribution in [0.3, 0.4) is 0 Å². The maximum absolute atomic E-state index is 5.94. The van der Waals surface area contributed by atoms with Crippen molar-refractivity contribution in [2.24, 2.45) is 0 Å². The molecule has 0 spiro atoms. The molecule has 0 fully saturated rings. The average molecular weight is 556 g/mol. The SMILES string of the molecule is CCCOc1ccc2nc3c4cc5cc(OCCC)ccc5nc4c4cc5cc(OCCC)ccc5nc4c3cc2c1. The molecule has 4 aromatic carbocycles. The van der Waals surface area contributed by atoms with Crippen molar-refractivity contribution in [2.45, 2.75) is 40.0 Å². The molecular formula is C36H33N3O3. The van der Waals surface area contributed by atoms with Gasteiger partial charge < -0.3 is 14.2 Å². The Labute approximate surface area is 244 Å². The maximum Gasteiger partial charge on any atom is 0.120 e. The smallest absolute Gasteiger partial charge is 0.120 e. The first kappa shape index (κ1) is 26.2. The summed E-state index contributed by atoms with van der Waals surface area (Å²) in [5.41, 5.74) is 5.38. The molecule has 7 rings (SSSR count). The van der Waals surface area contributed by atoms with Crippen molar-refractivity contribution < 1.29 is 14.2 Å². The Bertz CT molecular complexity index is 1850. The number of ether oxygens (including phenoxy) is 3. The molecule has 210 valence electrons. The number of benzene rings is 4. The predicted octanol–water partition coefficient (Wildman–Crippen LogP) is 9.16. The molecule has 42 heavy (non-hydrogen) atoms. The summed E-state index contributed by atoms with van der Waals surface area (Å²) in [4.78, 5) is 15.6. The fraction of sp³-hybridized carbons (Fsp3) is 0.250. The summed E-state index contributed by atoms with van der Waals surface area (Å²) >= 11 is 0. The van der Waals surface area contributed by atoms with Gasteiger partial charge in [-0.1, -0.05) is 20.8 Å². The highest BCUT2D eigenvalue weighted by Gasteiger charge is 2.16. The van der Waals surface area contributed by atoms with Crippen LogP contribution in [0.1, 0.15) is 40.0 Å². The Balaban J connectivity index is 1.55. The van der Waals surface area contributed by atoms with Crippen molar-refractivity contribution in [1.29, 1.82) is 0 Å². The van der Waals surface area contributed by atoms with Gasteiger partial charge in [-0.25, -0.2) is 15.0 Å². The van der Waals surface area contributed by atoms with E-state index in [1.807, 2.05) is 36.4 Å². The van der Waals surface area contributed by atoms with Crippen LogP contribution in [0.5, 0.6) is 17.2 Å². The number of fused-ring (bicyclic) bond motifs is 9. The van der Waals surface area contributed by atoms with E-state index >= 15 is 0 Å². The van der Waals surface area contributed by atoms with E-state index in [1.165, 1.54) is 0 Å². The molecule has 3 aromatic heterocycles. The number of rotatable bonds is 9. The third kappa shape index (κ3) is 4.67. The van der Waals surface area contributed by atoms with Crippen LogP contribution in [-0.2, 0) is 0 Å². The zero-order valence-corrected chi connectivity index (χ0v) is 24.2. The van der Waals surface area contributed by atoms with E-state index in [0.717, 1.165) is 102 Å². The second-order valence-electron chi connectivity index (χ2n) is 10.8. The second kappa shape index (κ2) is 10.9. The van der Waals surface area contributed by atoms with E-state index in [-0.39, 0.29) is 0 Å². The van der Waals surface area contributed by atoms with Crippen molar-refractivity contribution >= 4 is 65.4 Å². The van der Waals surface area contributed by atoms with Crippen LogP contribution < -0.4 is 14.2 Å². The van der Waals surface area contributed by atoms with Gasteiger partial charge >= 0.3 is 0 Å². The third-order valence-corrected chi connectivity index (χ3v) is 7.54. The summed E-state index contributed by atoms with van der Waals surface area (Å²) < 4.78 is 17.8. The van der Waals surface area contributed by atoms with Crippen LogP contribution in [0.15, 0.2) is 72.8 Å². The lowest BCUT2D eigenvalue weighted by atomic mass is 9.99. The molecule has 0 N–H and O–H groups in total. The highest BCUT2D eigenvalue weighted by atomic mass is 16.5. The van der Waals surface area contributed by atoms with Gasteiger partial charge in [0.15, 0.2) is 0 Å². The van der Waals surface area contributed by atoms with Crippen molar-refractivity contribution in [3.8, 4) is 17.2 Å². The molecular weight excluding hydrogens is 522 g/mol. The Kier molecular flexibility index (Phi) is 6.82. The standard InChI is InChI=1S/C36H33N3O3/c1-4-13-40-25-7-10-31-22(16-25)19-28-34(37-31)29-20-23-17-27(42-15-6-3)9-12-33(23)39-36(29)30-21-24-18-26(41-14-5-2)8-11-32(24)38-35(28)30/h7-12,16-21H,4-6,13-15H2,1-3H3. The van der Waals surface area contributed by atoms with E-state index in [0.29, 0.717) is 19.8 Å². The Morgan fingerprint density at radius 2 is 0.738 bits per heavy atom. The minimum atomic E-state index is 0.681.